The molecule has 1 N–H and O–H groups in total. The van der Waals surface area contributed by atoms with Crippen molar-refractivity contribution in [3.8, 4) is 0 Å². The van der Waals surface area contributed by atoms with E-state index in [-0.39, 0.29) is 0 Å². The number of nitrogens with one attached hydrogen (secondary N) is 1. The van der Waals surface area contributed by atoms with Gasteiger partial charge in [-0.2, -0.15) is 0 Å². The Labute approximate surface area is 130 Å². The molecule has 0 amide bonds. The minimum atomic E-state index is 0.400. The number of hydrogen-bond donors (Lipinski definition) is 1. The number of rotatable bonds is 6. The van der Waals surface area contributed by atoms with E-state index in [0.717, 1.165) is 31.4 Å². The summed E-state index contributed by atoms with van der Waals surface area (Å²) in [5, 5.41) is 3.48. The molecule has 0 spiro atoms. The van der Waals surface area contributed by atoms with E-state index in [1.165, 1.54) is 37.7 Å². The summed E-state index contributed by atoms with van der Waals surface area (Å²) in [7, 11) is 0. The SMILES string of the molecule is CCCC1CCCN(c2cc(C(C)NCC)ccn2)CC1. The molecule has 3 heteroatoms. The van der Waals surface area contributed by atoms with Crippen LogP contribution in [0.1, 0.15) is 64.5 Å². The summed E-state index contributed by atoms with van der Waals surface area (Å²) in [4.78, 5) is 7.10. The second-order valence-electron chi connectivity index (χ2n) is 6.30. The first-order valence-electron chi connectivity index (χ1n) is 8.68. The van der Waals surface area contributed by atoms with Crippen LogP contribution in [-0.2, 0) is 0 Å². The Morgan fingerprint density at radius 1 is 1.33 bits per heavy atom. The zero-order valence-corrected chi connectivity index (χ0v) is 13.9. The Morgan fingerprint density at radius 3 is 2.95 bits per heavy atom. The fraction of sp³-hybridized carbons (Fsp3) is 0.722. The maximum absolute atomic E-state index is 4.62. The van der Waals surface area contributed by atoms with E-state index in [4.69, 9.17) is 0 Å². The third-order valence-electron chi connectivity index (χ3n) is 4.65. The highest BCUT2D eigenvalue weighted by Gasteiger charge is 2.18. The Balaban J connectivity index is 2.02. The van der Waals surface area contributed by atoms with Crippen molar-refractivity contribution >= 4 is 5.82 Å². The van der Waals surface area contributed by atoms with E-state index < -0.39 is 0 Å². The molecule has 0 saturated carbocycles. The summed E-state index contributed by atoms with van der Waals surface area (Å²) in [5.41, 5.74) is 1.34. The first-order valence-corrected chi connectivity index (χ1v) is 8.68. The maximum Gasteiger partial charge on any atom is 0.128 e. The molecule has 1 saturated heterocycles. The molecule has 118 valence electrons. The predicted molar refractivity (Wildman–Crippen MR) is 90.8 cm³/mol. The normalized spacial score (nSPS) is 21.1. The second kappa shape index (κ2) is 8.38. The lowest BCUT2D eigenvalue weighted by Crippen LogP contribution is -2.26. The van der Waals surface area contributed by atoms with E-state index in [2.05, 4.69) is 48.1 Å². The molecule has 2 unspecified atom stereocenters. The minimum absolute atomic E-state index is 0.400. The van der Waals surface area contributed by atoms with Gasteiger partial charge in [-0.05, 0) is 56.3 Å². The zero-order chi connectivity index (χ0) is 15.1. The van der Waals surface area contributed by atoms with Gasteiger partial charge in [-0.25, -0.2) is 4.98 Å². The van der Waals surface area contributed by atoms with Crippen LogP contribution in [0.25, 0.3) is 0 Å². The lowest BCUT2D eigenvalue weighted by Gasteiger charge is -2.23. The number of pyridine rings is 1. The van der Waals surface area contributed by atoms with Gasteiger partial charge in [0.1, 0.15) is 5.82 Å². The van der Waals surface area contributed by atoms with Crippen molar-refractivity contribution in [3.63, 3.8) is 0 Å². The first-order chi connectivity index (χ1) is 10.2. The van der Waals surface area contributed by atoms with Gasteiger partial charge in [-0.15, -0.1) is 0 Å². The zero-order valence-electron chi connectivity index (χ0n) is 13.9. The highest BCUT2D eigenvalue weighted by atomic mass is 15.2. The molecule has 21 heavy (non-hydrogen) atoms. The Bertz CT molecular complexity index is 419. The summed E-state index contributed by atoms with van der Waals surface area (Å²) in [5.74, 6) is 2.08. The molecule has 0 radical (unpaired) electrons. The molecule has 0 bridgehead atoms. The summed E-state index contributed by atoms with van der Waals surface area (Å²) in [6.07, 6.45) is 8.68. The van der Waals surface area contributed by atoms with Crippen LogP contribution in [0, 0.1) is 5.92 Å². The van der Waals surface area contributed by atoms with Gasteiger partial charge in [-0.1, -0.05) is 26.7 Å². The van der Waals surface area contributed by atoms with Gasteiger partial charge in [0, 0.05) is 25.3 Å². The van der Waals surface area contributed by atoms with E-state index in [1.807, 2.05) is 6.20 Å². The van der Waals surface area contributed by atoms with Crippen LogP contribution in [0.5, 0.6) is 0 Å². The summed E-state index contributed by atoms with van der Waals surface area (Å²) in [6, 6.07) is 4.80. The standard InChI is InChI=1S/C18H31N3/c1-4-7-16-8-6-12-21(13-10-16)18-14-17(9-11-20-18)15(3)19-5-2/h9,11,14-16,19H,4-8,10,12-13H2,1-3H3. The predicted octanol–water partition coefficient (Wildman–Crippen LogP) is 4.16. The molecule has 1 aliphatic rings. The third-order valence-corrected chi connectivity index (χ3v) is 4.65. The molecule has 0 aromatic carbocycles. The van der Waals surface area contributed by atoms with Crippen LogP contribution in [0.15, 0.2) is 18.3 Å². The lowest BCUT2D eigenvalue weighted by atomic mass is 9.96. The third kappa shape index (κ3) is 4.70. The number of nitrogens with zero attached hydrogens (tertiary/aromatic N) is 2. The average molecular weight is 289 g/mol. The molecule has 1 aliphatic heterocycles. The fourth-order valence-electron chi connectivity index (χ4n) is 3.39. The lowest BCUT2D eigenvalue weighted by molar-refractivity contribution is 0.435. The van der Waals surface area contributed by atoms with E-state index in [9.17, 15) is 0 Å². The van der Waals surface area contributed by atoms with Crippen molar-refractivity contribution in [1.82, 2.24) is 10.3 Å². The Kier molecular flexibility index (Phi) is 6.50. The van der Waals surface area contributed by atoms with E-state index in [1.54, 1.807) is 0 Å². The molecule has 3 nitrogen and oxygen atoms in total. The van der Waals surface area contributed by atoms with E-state index >= 15 is 0 Å². The van der Waals surface area contributed by atoms with Gasteiger partial charge in [0.25, 0.3) is 0 Å². The number of aromatic nitrogens is 1. The molecule has 0 aliphatic carbocycles. The van der Waals surface area contributed by atoms with Crippen molar-refractivity contribution in [3.05, 3.63) is 23.9 Å². The highest BCUT2D eigenvalue weighted by molar-refractivity contribution is 5.42. The molecule has 1 aromatic rings. The van der Waals surface area contributed by atoms with Crippen molar-refractivity contribution in [2.75, 3.05) is 24.5 Å². The smallest absolute Gasteiger partial charge is 0.128 e. The van der Waals surface area contributed by atoms with Crippen LogP contribution < -0.4 is 10.2 Å². The topological polar surface area (TPSA) is 28.2 Å². The molecular weight excluding hydrogens is 258 g/mol. The van der Waals surface area contributed by atoms with Crippen molar-refractivity contribution < 1.29 is 0 Å². The van der Waals surface area contributed by atoms with Gasteiger partial charge in [-0.3, -0.25) is 0 Å². The first kappa shape index (κ1) is 16.3. The maximum atomic E-state index is 4.62. The van der Waals surface area contributed by atoms with Crippen molar-refractivity contribution in [2.24, 2.45) is 5.92 Å². The molecule has 2 atom stereocenters. The summed E-state index contributed by atoms with van der Waals surface area (Å²) < 4.78 is 0. The Morgan fingerprint density at radius 2 is 2.19 bits per heavy atom. The van der Waals surface area contributed by atoms with Gasteiger partial charge >= 0.3 is 0 Å². The minimum Gasteiger partial charge on any atom is -0.357 e. The second-order valence-corrected chi connectivity index (χ2v) is 6.30. The van der Waals surface area contributed by atoms with Gasteiger partial charge in [0.15, 0.2) is 0 Å². The monoisotopic (exact) mass is 289 g/mol. The van der Waals surface area contributed by atoms with Gasteiger partial charge < -0.3 is 10.2 Å². The van der Waals surface area contributed by atoms with Crippen LogP contribution in [-0.4, -0.2) is 24.6 Å². The summed E-state index contributed by atoms with van der Waals surface area (Å²) >= 11 is 0. The molecule has 2 rings (SSSR count). The van der Waals surface area contributed by atoms with Crippen molar-refractivity contribution in [2.45, 2.75) is 58.9 Å². The molecule has 1 aromatic heterocycles. The van der Waals surface area contributed by atoms with E-state index in [0.29, 0.717) is 6.04 Å². The van der Waals surface area contributed by atoms with Gasteiger partial charge in [0.05, 0.1) is 0 Å². The molecular formula is C18H31N3. The van der Waals surface area contributed by atoms with Crippen LogP contribution in [0.3, 0.4) is 0 Å². The molecule has 1 fully saturated rings. The fourth-order valence-corrected chi connectivity index (χ4v) is 3.39. The van der Waals surface area contributed by atoms with Crippen LogP contribution in [0.4, 0.5) is 5.82 Å². The summed E-state index contributed by atoms with van der Waals surface area (Å²) in [6.45, 7) is 10.0. The number of anilines is 1. The average Bonchev–Trinajstić information content (AvgIpc) is 2.74. The quantitative estimate of drug-likeness (QED) is 0.852. The number of hydrogen-bond acceptors (Lipinski definition) is 3. The highest BCUT2D eigenvalue weighted by Crippen LogP contribution is 2.25. The molecule has 2 heterocycles. The van der Waals surface area contributed by atoms with Crippen LogP contribution >= 0.6 is 0 Å². The largest absolute Gasteiger partial charge is 0.357 e. The van der Waals surface area contributed by atoms with Crippen molar-refractivity contribution in [1.29, 1.82) is 0 Å². The van der Waals surface area contributed by atoms with Crippen LogP contribution in [0.2, 0.25) is 0 Å². The Hall–Kier alpha value is -1.09. The van der Waals surface area contributed by atoms with Gasteiger partial charge in [0.2, 0.25) is 0 Å².